The van der Waals surface area contributed by atoms with E-state index in [1.807, 2.05) is 17.5 Å². The van der Waals surface area contributed by atoms with E-state index >= 15 is 0 Å². The number of aliphatic hydroxyl groups is 4. The fourth-order valence-corrected chi connectivity index (χ4v) is 7.11. The van der Waals surface area contributed by atoms with Crippen molar-refractivity contribution in [3.63, 3.8) is 0 Å². The molecule has 1 aromatic heterocycles. The molecule has 5 rings (SSSR count). The fourth-order valence-electron chi connectivity index (χ4n) is 6.34. The lowest BCUT2D eigenvalue weighted by Gasteiger charge is -2.53. The maximum absolute atomic E-state index is 14.0. The predicted molar refractivity (Wildman–Crippen MR) is 134 cm³/mol. The molecule has 2 aromatic rings. The van der Waals surface area contributed by atoms with Crippen LogP contribution in [0.4, 0.5) is 0 Å². The molecule has 0 bridgehead atoms. The van der Waals surface area contributed by atoms with Crippen LogP contribution in [0.1, 0.15) is 24.0 Å². The van der Waals surface area contributed by atoms with Gasteiger partial charge in [0.1, 0.15) is 22.8 Å². The predicted octanol–water partition coefficient (Wildman–Crippen LogP) is 1.22. The minimum atomic E-state index is -2.93. The Balaban J connectivity index is 1.83. The highest BCUT2D eigenvalue weighted by Crippen LogP contribution is 2.57. The van der Waals surface area contributed by atoms with Crippen molar-refractivity contribution >= 4 is 34.6 Å². The first-order chi connectivity index (χ1) is 17.3. The van der Waals surface area contributed by atoms with E-state index in [-0.39, 0.29) is 11.3 Å². The number of carbonyl (C=O) groups excluding carboxylic acids is 3. The normalized spacial score (nSPS) is 31.4. The number of aromatic hydroxyl groups is 1. The number of thiophene rings is 1. The highest BCUT2D eigenvalue weighted by atomic mass is 32.1. The average Bonchev–Trinajstić information content (AvgIpc) is 3.36. The van der Waals surface area contributed by atoms with Gasteiger partial charge in [0.2, 0.25) is 5.78 Å². The van der Waals surface area contributed by atoms with Crippen LogP contribution < -0.4 is 5.73 Å². The van der Waals surface area contributed by atoms with E-state index in [1.165, 1.54) is 36.4 Å². The van der Waals surface area contributed by atoms with Crippen molar-refractivity contribution in [2.24, 2.45) is 17.6 Å². The van der Waals surface area contributed by atoms with E-state index in [2.05, 4.69) is 0 Å². The van der Waals surface area contributed by atoms with Crippen molar-refractivity contribution in [1.29, 1.82) is 0 Å². The van der Waals surface area contributed by atoms with Crippen LogP contribution in [0.25, 0.3) is 16.2 Å². The highest BCUT2D eigenvalue weighted by Gasteiger charge is 2.68. The zero-order chi connectivity index (χ0) is 27.1. The molecule has 1 heterocycles. The second-order valence-electron chi connectivity index (χ2n) is 9.95. The number of primary amides is 1. The molecular formula is C26H26N2O8S. The maximum atomic E-state index is 14.0. The Hall–Kier alpha value is -3.51. The number of carbonyl (C=O) groups is 3. The Morgan fingerprint density at radius 1 is 1.14 bits per heavy atom. The topological polar surface area (TPSA) is 182 Å². The monoisotopic (exact) mass is 526 g/mol. The van der Waals surface area contributed by atoms with E-state index < -0.39 is 75.6 Å². The lowest BCUT2D eigenvalue weighted by molar-refractivity contribution is -0.169. The van der Waals surface area contributed by atoms with Gasteiger partial charge in [-0.3, -0.25) is 19.3 Å². The number of benzene rings is 1. The number of aliphatic hydroxyl groups excluding tert-OH is 3. The summed E-state index contributed by atoms with van der Waals surface area (Å²) in [5, 5.41) is 58.3. The van der Waals surface area contributed by atoms with Crippen LogP contribution in [0.15, 0.2) is 46.6 Å². The number of ketones is 2. The number of nitrogens with two attached hydrogens (primary N) is 1. The summed E-state index contributed by atoms with van der Waals surface area (Å²) in [5.41, 5.74) is 2.20. The lowest BCUT2D eigenvalue weighted by Crippen LogP contribution is -2.70. The number of amides is 1. The third-order valence-electron chi connectivity index (χ3n) is 7.89. The summed E-state index contributed by atoms with van der Waals surface area (Å²) in [5.74, 6) is -9.05. The number of Topliss-reactive ketones (excluding diaryl/α,β-unsaturated/α-hetero) is 2. The Bertz CT molecular complexity index is 1430. The number of fused-ring (bicyclic) bond motifs is 3. The molecule has 37 heavy (non-hydrogen) atoms. The van der Waals surface area contributed by atoms with Crippen molar-refractivity contribution in [2.45, 2.75) is 30.6 Å². The molecule has 1 amide bonds. The zero-order valence-electron chi connectivity index (χ0n) is 20.2. The third-order valence-corrected chi connectivity index (χ3v) is 8.80. The van der Waals surface area contributed by atoms with E-state index in [0.29, 0.717) is 11.1 Å². The van der Waals surface area contributed by atoms with Gasteiger partial charge in [-0.2, -0.15) is 0 Å². The summed E-state index contributed by atoms with van der Waals surface area (Å²) in [6.07, 6.45) is -1.63. The van der Waals surface area contributed by atoms with Gasteiger partial charge in [-0.1, -0.05) is 13.0 Å². The molecule has 10 nitrogen and oxygen atoms in total. The number of likely N-dealkylation sites (N-methyl/N-ethyl adjacent to an activating group) is 1. The molecule has 0 saturated heterocycles. The summed E-state index contributed by atoms with van der Waals surface area (Å²) in [7, 11) is 2.94. The van der Waals surface area contributed by atoms with Crippen molar-refractivity contribution in [1.82, 2.24) is 4.90 Å². The molecule has 3 aliphatic carbocycles. The smallest absolute Gasteiger partial charge is 0.255 e. The maximum Gasteiger partial charge on any atom is 0.255 e. The fraction of sp³-hybridized carbons (Fsp3) is 0.346. The van der Waals surface area contributed by atoms with Gasteiger partial charge in [0.25, 0.3) is 5.91 Å². The average molecular weight is 527 g/mol. The first kappa shape index (κ1) is 25.2. The Labute approximate surface area is 215 Å². The lowest BCUT2D eigenvalue weighted by atomic mass is 9.54. The van der Waals surface area contributed by atoms with Gasteiger partial charge in [0.15, 0.2) is 11.4 Å². The van der Waals surface area contributed by atoms with Gasteiger partial charge in [-0.15, -0.1) is 11.3 Å². The first-order valence-corrected chi connectivity index (χ1v) is 12.5. The van der Waals surface area contributed by atoms with Gasteiger partial charge in [0, 0.05) is 16.4 Å². The number of phenols is 1. The third kappa shape index (κ3) is 3.11. The Morgan fingerprint density at radius 3 is 2.38 bits per heavy atom. The molecule has 0 aliphatic heterocycles. The molecule has 0 unspecified atom stereocenters. The molecule has 194 valence electrons. The molecule has 0 spiro atoms. The van der Waals surface area contributed by atoms with E-state index in [1.54, 1.807) is 13.0 Å². The Kier molecular flexibility index (Phi) is 5.61. The van der Waals surface area contributed by atoms with Crippen LogP contribution in [0.5, 0.6) is 5.75 Å². The van der Waals surface area contributed by atoms with Crippen molar-refractivity contribution in [3.05, 3.63) is 57.7 Å². The van der Waals surface area contributed by atoms with Gasteiger partial charge in [-0.25, -0.2) is 0 Å². The Morgan fingerprint density at radius 2 is 1.81 bits per heavy atom. The van der Waals surface area contributed by atoms with E-state index in [9.17, 15) is 39.9 Å². The van der Waals surface area contributed by atoms with Gasteiger partial charge in [0.05, 0.1) is 23.6 Å². The van der Waals surface area contributed by atoms with Crippen LogP contribution in [-0.4, -0.2) is 79.7 Å². The minimum Gasteiger partial charge on any atom is -0.508 e. The number of hydrogen-bond donors (Lipinski definition) is 6. The molecule has 11 heteroatoms. The number of phenolic OH excluding ortho intramolecular Hbond substituents is 1. The van der Waals surface area contributed by atoms with E-state index in [4.69, 9.17) is 5.73 Å². The van der Waals surface area contributed by atoms with Crippen molar-refractivity contribution < 1.29 is 39.9 Å². The first-order valence-electron chi connectivity index (χ1n) is 11.6. The van der Waals surface area contributed by atoms with Crippen molar-refractivity contribution in [3.8, 4) is 16.2 Å². The number of hydrogen-bond acceptors (Lipinski definition) is 10. The van der Waals surface area contributed by atoms with E-state index in [0.717, 1.165) is 4.88 Å². The summed E-state index contributed by atoms with van der Waals surface area (Å²) >= 11 is 1.43. The number of rotatable bonds is 3. The standard InChI is InChI=1S/C26H26N2O8S/c1-9-13-10(12-5-4-8-37-12)6-7-11(29)15(13)20(30)16-14(9)21(31)18-19(28(2)3)22(32)17(25(27)35)24(34)26(18,36)23(16)33/h4-9,14,18-19,21,29-31,34,36H,1-3H3,(H2,27,35)/t9-,14+,18+,19-,21-,26-/m1/s1. The molecule has 1 aromatic carbocycles. The minimum absolute atomic E-state index is 0.0260. The summed E-state index contributed by atoms with van der Waals surface area (Å²) in [6.45, 7) is 1.72. The summed E-state index contributed by atoms with van der Waals surface area (Å²) < 4.78 is 0. The van der Waals surface area contributed by atoms with Crippen LogP contribution in [0.2, 0.25) is 0 Å². The van der Waals surface area contributed by atoms with Crippen LogP contribution >= 0.6 is 11.3 Å². The SMILES string of the molecule is C[C@@H]1c2c(-c3cccs3)ccc(O)c2C(O)=C2C(=O)[C@@]3(O)C(O)=C(C(N)=O)C(=O)[C@H](N(C)C)[C@H]3[C@H](O)[C@H]21. The highest BCUT2D eigenvalue weighted by molar-refractivity contribution is 7.13. The van der Waals surface area contributed by atoms with Crippen LogP contribution in [0, 0.1) is 11.8 Å². The van der Waals surface area contributed by atoms with Crippen molar-refractivity contribution in [2.75, 3.05) is 14.1 Å². The van der Waals surface area contributed by atoms with Gasteiger partial charge >= 0.3 is 0 Å². The second-order valence-corrected chi connectivity index (χ2v) is 10.9. The zero-order valence-corrected chi connectivity index (χ0v) is 21.0. The molecule has 7 N–H and O–H groups in total. The molecule has 6 atom stereocenters. The van der Waals surface area contributed by atoms with Crippen LogP contribution in [-0.2, 0) is 14.4 Å². The second kappa shape index (κ2) is 8.25. The molecular weight excluding hydrogens is 500 g/mol. The molecule has 1 fully saturated rings. The molecule has 0 radical (unpaired) electrons. The quantitative estimate of drug-likeness (QED) is 0.320. The van der Waals surface area contributed by atoms with Crippen LogP contribution in [0.3, 0.4) is 0 Å². The van der Waals surface area contributed by atoms with Gasteiger partial charge in [-0.05, 0) is 54.7 Å². The number of nitrogens with zero attached hydrogens (tertiary/aromatic N) is 1. The summed E-state index contributed by atoms with van der Waals surface area (Å²) in [6, 6.07) is 5.37. The molecule has 3 aliphatic rings. The molecule has 1 saturated carbocycles. The summed E-state index contributed by atoms with van der Waals surface area (Å²) in [4.78, 5) is 41.5. The van der Waals surface area contributed by atoms with Gasteiger partial charge < -0.3 is 31.3 Å². The largest absolute Gasteiger partial charge is 0.508 e.